The number of piperidine rings is 1. The Balaban J connectivity index is 1.50. The molecule has 2 aliphatic rings. The van der Waals surface area contributed by atoms with Gasteiger partial charge in [0.1, 0.15) is 12.7 Å². The first kappa shape index (κ1) is 16.4. The molecule has 0 spiro atoms. The lowest BCUT2D eigenvalue weighted by Gasteiger charge is -2.37. The highest BCUT2D eigenvalue weighted by Gasteiger charge is 2.29. The van der Waals surface area contributed by atoms with E-state index in [9.17, 15) is 5.26 Å². The molecule has 0 aromatic heterocycles. The normalized spacial score (nSPS) is 20.9. The molecule has 0 aliphatic carbocycles. The summed E-state index contributed by atoms with van der Waals surface area (Å²) in [6.07, 6.45) is 3.87. The van der Waals surface area contributed by atoms with Crippen molar-refractivity contribution in [3.8, 4) is 17.7 Å². The van der Waals surface area contributed by atoms with Gasteiger partial charge in [-0.05, 0) is 25.0 Å². The highest BCUT2D eigenvalue weighted by atomic mass is 16.6. The largest absolute Gasteiger partial charge is 0.486 e. The summed E-state index contributed by atoms with van der Waals surface area (Å²) in [4.78, 5) is 3.81. The predicted octanol–water partition coefficient (Wildman–Crippen LogP) is 1.23. The summed E-state index contributed by atoms with van der Waals surface area (Å²) in [5.74, 6) is 1.78. The van der Waals surface area contributed by atoms with Crippen molar-refractivity contribution in [1.29, 1.82) is 10.7 Å². The van der Waals surface area contributed by atoms with Crippen LogP contribution >= 0.6 is 0 Å². The number of nitrogens with zero attached hydrogens (tertiary/aromatic N) is 3. The third kappa shape index (κ3) is 3.54. The van der Waals surface area contributed by atoms with Gasteiger partial charge in [0.15, 0.2) is 17.7 Å². The predicted molar refractivity (Wildman–Crippen MR) is 90.1 cm³/mol. The minimum Gasteiger partial charge on any atom is -0.486 e. The van der Waals surface area contributed by atoms with Crippen LogP contribution in [-0.2, 0) is 0 Å². The molecule has 2 aliphatic heterocycles. The van der Waals surface area contributed by atoms with Gasteiger partial charge in [-0.1, -0.05) is 12.1 Å². The standard InChI is InChI=1S/C17H23N5O2/c1-20-17(19)22(12-18)13-6-8-21(9-7-13)10-14-11-23-15-4-2-3-5-16(15)24-14/h2-5,13-14H,6-11H2,1H3,(H2,19,20). The Morgan fingerprint density at radius 2 is 2.08 bits per heavy atom. The van der Waals surface area contributed by atoms with Gasteiger partial charge < -0.3 is 14.8 Å². The molecule has 1 aromatic rings. The highest BCUT2D eigenvalue weighted by Crippen LogP contribution is 2.31. The Bertz CT molecular complexity index is 622. The van der Waals surface area contributed by atoms with Crippen molar-refractivity contribution in [3.05, 3.63) is 24.3 Å². The molecule has 1 atom stereocenters. The molecule has 3 rings (SSSR count). The number of ether oxygens (including phenoxy) is 2. The van der Waals surface area contributed by atoms with E-state index in [4.69, 9.17) is 14.9 Å². The molecule has 2 N–H and O–H groups in total. The molecule has 0 bridgehead atoms. The van der Waals surface area contributed by atoms with E-state index in [2.05, 4.69) is 16.4 Å². The van der Waals surface area contributed by atoms with Gasteiger partial charge in [-0.15, -0.1) is 0 Å². The summed E-state index contributed by atoms with van der Waals surface area (Å²) in [7, 11) is 1.67. The molecular weight excluding hydrogens is 306 g/mol. The summed E-state index contributed by atoms with van der Waals surface area (Å²) in [5, 5.41) is 19.8. The Morgan fingerprint density at radius 1 is 1.38 bits per heavy atom. The van der Waals surface area contributed by atoms with Gasteiger partial charge in [-0.25, -0.2) is 4.90 Å². The average molecular weight is 329 g/mol. The molecule has 0 radical (unpaired) electrons. The Labute approximate surface area is 142 Å². The Morgan fingerprint density at radius 3 is 2.75 bits per heavy atom. The smallest absolute Gasteiger partial charge is 0.204 e. The molecular formula is C17H23N5O2. The van der Waals surface area contributed by atoms with Gasteiger partial charge >= 0.3 is 0 Å². The zero-order valence-electron chi connectivity index (χ0n) is 13.9. The molecule has 1 fully saturated rings. The lowest BCUT2D eigenvalue weighted by Crippen LogP contribution is -2.50. The number of rotatable bonds is 3. The molecule has 2 heterocycles. The summed E-state index contributed by atoms with van der Waals surface area (Å²) >= 11 is 0. The number of nitrogens with one attached hydrogen (secondary N) is 2. The third-order valence-electron chi connectivity index (χ3n) is 4.54. The molecule has 1 aromatic carbocycles. The second-order valence-electron chi connectivity index (χ2n) is 6.10. The van der Waals surface area contributed by atoms with Gasteiger partial charge in [-0.3, -0.25) is 10.3 Å². The van der Waals surface area contributed by atoms with Gasteiger partial charge in [-0.2, -0.15) is 5.26 Å². The van der Waals surface area contributed by atoms with E-state index in [0.29, 0.717) is 6.61 Å². The average Bonchev–Trinajstić information content (AvgIpc) is 2.63. The number of benzene rings is 1. The van der Waals surface area contributed by atoms with Crippen molar-refractivity contribution >= 4 is 5.96 Å². The van der Waals surface area contributed by atoms with Gasteiger partial charge in [0.25, 0.3) is 0 Å². The van der Waals surface area contributed by atoms with Gasteiger partial charge in [0.2, 0.25) is 5.96 Å². The fourth-order valence-electron chi connectivity index (χ4n) is 3.24. The van der Waals surface area contributed by atoms with Crippen LogP contribution in [-0.4, -0.2) is 61.2 Å². The maximum Gasteiger partial charge on any atom is 0.204 e. The van der Waals surface area contributed by atoms with Gasteiger partial charge in [0.05, 0.1) is 0 Å². The molecule has 128 valence electrons. The number of guanidine groups is 1. The summed E-state index contributed by atoms with van der Waals surface area (Å²) in [6.45, 7) is 3.16. The minimum atomic E-state index is 0.0270. The fraction of sp³-hybridized carbons (Fsp3) is 0.529. The second-order valence-corrected chi connectivity index (χ2v) is 6.10. The van der Waals surface area contributed by atoms with Crippen LogP contribution in [0.25, 0.3) is 0 Å². The number of para-hydroxylation sites is 2. The number of hydrogen-bond donors (Lipinski definition) is 2. The monoisotopic (exact) mass is 329 g/mol. The lowest BCUT2D eigenvalue weighted by molar-refractivity contribution is 0.0476. The van der Waals surface area contributed by atoms with Crippen molar-refractivity contribution in [3.63, 3.8) is 0 Å². The second kappa shape index (κ2) is 7.41. The van der Waals surface area contributed by atoms with Crippen LogP contribution in [0.5, 0.6) is 11.5 Å². The van der Waals surface area contributed by atoms with E-state index in [1.165, 1.54) is 4.90 Å². The van der Waals surface area contributed by atoms with Crippen molar-refractivity contribution in [2.75, 3.05) is 33.3 Å². The van der Waals surface area contributed by atoms with E-state index in [-0.39, 0.29) is 18.1 Å². The van der Waals surface area contributed by atoms with Crippen LogP contribution in [0.4, 0.5) is 0 Å². The van der Waals surface area contributed by atoms with Crippen LogP contribution < -0.4 is 14.8 Å². The maximum atomic E-state index is 9.24. The number of likely N-dealkylation sites (tertiary alicyclic amines) is 1. The van der Waals surface area contributed by atoms with Crippen LogP contribution in [0.15, 0.2) is 24.3 Å². The first-order valence-electron chi connectivity index (χ1n) is 8.27. The first-order chi connectivity index (χ1) is 11.7. The molecule has 0 amide bonds. The zero-order valence-corrected chi connectivity index (χ0v) is 13.9. The van der Waals surface area contributed by atoms with E-state index < -0.39 is 0 Å². The zero-order chi connectivity index (χ0) is 16.9. The van der Waals surface area contributed by atoms with Crippen LogP contribution in [0.3, 0.4) is 0 Å². The molecule has 1 saturated heterocycles. The topological polar surface area (TPSA) is 84.6 Å². The molecule has 24 heavy (non-hydrogen) atoms. The van der Waals surface area contributed by atoms with E-state index in [0.717, 1.165) is 44.0 Å². The number of fused-ring (bicyclic) bond motifs is 1. The van der Waals surface area contributed by atoms with E-state index in [1.807, 2.05) is 24.3 Å². The van der Waals surface area contributed by atoms with Crippen LogP contribution in [0.2, 0.25) is 0 Å². The quantitative estimate of drug-likeness (QED) is 0.375. The SMILES string of the molecule is CNC(=N)N(C#N)C1CCN(CC2COc3ccccc3O2)CC1. The summed E-state index contributed by atoms with van der Waals surface area (Å²) in [6, 6.07) is 7.84. The summed E-state index contributed by atoms with van der Waals surface area (Å²) < 4.78 is 11.8. The minimum absolute atomic E-state index is 0.0270. The van der Waals surface area contributed by atoms with Gasteiger partial charge in [0, 0.05) is 32.7 Å². The molecule has 1 unspecified atom stereocenters. The van der Waals surface area contributed by atoms with Crippen molar-refractivity contribution in [2.45, 2.75) is 25.0 Å². The third-order valence-corrected chi connectivity index (χ3v) is 4.54. The summed E-state index contributed by atoms with van der Waals surface area (Å²) in [5.41, 5.74) is 0. The van der Waals surface area contributed by atoms with E-state index in [1.54, 1.807) is 7.05 Å². The van der Waals surface area contributed by atoms with Crippen LogP contribution in [0, 0.1) is 16.9 Å². The molecule has 7 nitrogen and oxygen atoms in total. The van der Waals surface area contributed by atoms with Crippen molar-refractivity contribution < 1.29 is 9.47 Å². The number of nitriles is 1. The Hall–Kier alpha value is -2.46. The maximum absolute atomic E-state index is 9.24. The number of hydrogen-bond acceptors (Lipinski definition) is 5. The highest BCUT2D eigenvalue weighted by molar-refractivity contribution is 5.78. The molecule has 0 saturated carbocycles. The van der Waals surface area contributed by atoms with Crippen molar-refractivity contribution in [2.24, 2.45) is 0 Å². The lowest BCUT2D eigenvalue weighted by atomic mass is 10.0. The van der Waals surface area contributed by atoms with E-state index >= 15 is 0 Å². The first-order valence-corrected chi connectivity index (χ1v) is 8.27. The fourth-order valence-corrected chi connectivity index (χ4v) is 3.24. The van der Waals surface area contributed by atoms with Crippen molar-refractivity contribution in [1.82, 2.24) is 15.1 Å². The Kier molecular flexibility index (Phi) is 5.06. The molecule has 7 heteroatoms. The van der Waals surface area contributed by atoms with Crippen LogP contribution in [0.1, 0.15) is 12.8 Å².